The summed E-state index contributed by atoms with van der Waals surface area (Å²) in [7, 11) is 0. The Hall–Kier alpha value is -2.57. The molecule has 0 radical (unpaired) electrons. The molecule has 3 rings (SSSR count). The Labute approximate surface area is 140 Å². The van der Waals surface area contributed by atoms with Gasteiger partial charge in [-0.1, -0.05) is 12.1 Å². The van der Waals surface area contributed by atoms with Crippen molar-refractivity contribution in [3.63, 3.8) is 0 Å². The summed E-state index contributed by atoms with van der Waals surface area (Å²) in [5.41, 5.74) is 1.83. The zero-order valence-corrected chi connectivity index (χ0v) is 13.7. The minimum Gasteiger partial charge on any atom is -0.450 e. The number of hydrogen-bond donors (Lipinski definition) is 2. The second-order valence-electron chi connectivity index (χ2n) is 5.90. The minimum absolute atomic E-state index is 0.0514. The summed E-state index contributed by atoms with van der Waals surface area (Å²) in [6, 6.07) is 7.74. The molecule has 1 unspecified atom stereocenters. The second kappa shape index (κ2) is 7.33. The number of para-hydroxylation sites is 2. The lowest BCUT2D eigenvalue weighted by Crippen LogP contribution is -2.45. The van der Waals surface area contributed by atoms with Gasteiger partial charge < -0.3 is 19.9 Å². The molecule has 0 spiro atoms. The molecular formula is C17H22N4O3. The van der Waals surface area contributed by atoms with Gasteiger partial charge in [-0.25, -0.2) is 9.78 Å². The first-order valence-electron chi connectivity index (χ1n) is 8.30. The molecule has 0 saturated carbocycles. The maximum atomic E-state index is 12.4. The van der Waals surface area contributed by atoms with Crippen molar-refractivity contribution >= 4 is 23.0 Å². The summed E-state index contributed by atoms with van der Waals surface area (Å²) < 4.78 is 5.01. The summed E-state index contributed by atoms with van der Waals surface area (Å²) in [5, 5.41) is 2.91. The minimum atomic E-state index is -0.340. The molecule has 2 N–H and O–H groups in total. The predicted octanol–water partition coefficient (Wildman–Crippen LogP) is 2.05. The monoisotopic (exact) mass is 330 g/mol. The van der Waals surface area contributed by atoms with Gasteiger partial charge in [-0.05, 0) is 31.9 Å². The van der Waals surface area contributed by atoms with Gasteiger partial charge in [0.15, 0.2) is 0 Å². The Bertz CT molecular complexity index is 694. The van der Waals surface area contributed by atoms with Crippen LogP contribution in [0.15, 0.2) is 24.3 Å². The molecule has 24 heavy (non-hydrogen) atoms. The van der Waals surface area contributed by atoms with E-state index >= 15 is 0 Å². The number of benzene rings is 1. The highest BCUT2D eigenvalue weighted by atomic mass is 16.6. The van der Waals surface area contributed by atoms with Gasteiger partial charge >= 0.3 is 6.09 Å². The van der Waals surface area contributed by atoms with E-state index in [9.17, 15) is 9.59 Å². The van der Waals surface area contributed by atoms with E-state index in [4.69, 9.17) is 4.74 Å². The first kappa shape index (κ1) is 16.3. The van der Waals surface area contributed by atoms with E-state index < -0.39 is 0 Å². The van der Waals surface area contributed by atoms with Crippen molar-refractivity contribution in [3.8, 4) is 0 Å². The van der Waals surface area contributed by atoms with Crippen LogP contribution in [0.5, 0.6) is 0 Å². The van der Waals surface area contributed by atoms with E-state index in [2.05, 4.69) is 15.3 Å². The zero-order chi connectivity index (χ0) is 16.9. The van der Waals surface area contributed by atoms with Gasteiger partial charge in [0, 0.05) is 13.1 Å². The lowest BCUT2D eigenvalue weighted by Gasteiger charge is -2.31. The molecule has 1 aliphatic rings. The molecule has 1 aromatic heterocycles. The quantitative estimate of drug-likeness (QED) is 0.898. The van der Waals surface area contributed by atoms with E-state index in [1.807, 2.05) is 24.3 Å². The second-order valence-corrected chi connectivity index (χ2v) is 5.90. The van der Waals surface area contributed by atoms with Crippen LogP contribution in [-0.4, -0.2) is 46.6 Å². The zero-order valence-electron chi connectivity index (χ0n) is 13.7. The van der Waals surface area contributed by atoms with Crippen molar-refractivity contribution in [1.29, 1.82) is 0 Å². The molecule has 1 aliphatic heterocycles. The van der Waals surface area contributed by atoms with Crippen LogP contribution in [0, 0.1) is 5.92 Å². The van der Waals surface area contributed by atoms with Crippen LogP contribution >= 0.6 is 0 Å². The lowest BCUT2D eigenvalue weighted by atomic mass is 9.97. The number of piperidine rings is 1. The van der Waals surface area contributed by atoms with E-state index in [0.717, 1.165) is 29.7 Å². The molecule has 2 heterocycles. The molecule has 2 aromatic rings. The molecule has 0 bridgehead atoms. The van der Waals surface area contributed by atoms with Crippen LogP contribution in [0.3, 0.4) is 0 Å². The van der Waals surface area contributed by atoms with Crippen LogP contribution in [0.2, 0.25) is 0 Å². The Morgan fingerprint density at radius 2 is 2.25 bits per heavy atom. The number of fused-ring (bicyclic) bond motifs is 1. The largest absolute Gasteiger partial charge is 0.450 e. The molecule has 1 atom stereocenters. The number of hydrogen-bond acceptors (Lipinski definition) is 4. The van der Waals surface area contributed by atoms with Crippen LogP contribution in [0.25, 0.3) is 11.0 Å². The Balaban J connectivity index is 1.55. The first-order chi connectivity index (χ1) is 11.7. The summed E-state index contributed by atoms with van der Waals surface area (Å²) in [5.74, 6) is 0.472. The van der Waals surface area contributed by atoms with Crippen LogP contribution in [-0.2, 0) is 16.1 Å². The van der Waals surface area contributed by atoms with Gasteiger partial charge in [-0.3, -0.25) is 4.79 Å². The topological polar surface area (TPSA) is 87.3 Å². The Morgan fingerprint density at radius 1 is 1.42 bits per heavy atom. The maximum Gasteiger partial charge on any atom is 0.409 e. The van der Waals surface area contributed by atoms with E-state index in [1.54, 1.807) is 11.8 Å². The van der Waals surface area contributed by atoms with Crippen LogP contribution < -0.4 is 5.32 Å². The molecule has 1 aromatic carbocycles. The molecule has 1 saturated heterocycles. The number of imidazole rings is 1. The highest BCUT2D eigenvalue weighted by molar-refractivity contribution is 5.80. The van der Waals surface area contributed by atoms with Crippen LogP contribution in [0.4, 0.5) is 4.79 Å². The van der Waals surface area contributed by atoms with E-state index in [1.165, 1.54) is 0 Å². The average molecular weight is 330 g/mol. The summed E-state index contributed by atoms with van der Waals surface area (Å²) in [6.07, 6.45) is 1.25. The number of carbonyl (C=O) groups excluding carboxylic acids is 2. The summed E-state index contributed by atoms with van der Waals surface area (Å²) >= 11 is 0. The molecule has 0 aliphatic carbocycles. The number of nitrogens with one attached hydrogen (secondary N) is 2. The number of nitrogens with zero attached hydrogens (tertiary/aromatic N) is 2. The Kier molecular flexibility index (Phi) is 4.98. The van der Waals surface area contributed by atoms with Gasteiger partial charge in [0.25, 0.3) is 0 Å². The van der Waals surface area contributed by atoms with Crippen molar-refractivity contribution in [2.75, 3.05) is 19.7 Å². The summed E-state index contributed by atoms with van der Waals surface area (Å²) in [6.45, 7) is 3.53. The standard InChI is InChI=1S/C17H22N4O3/c1-2-24-17(23)21-9-5-6-12(11-21)16(22)18-10-15-19-13-7-3-4-8-14(13)20-15/h3-4,7-8,12H,2,5-6,9-11H2,1H3,(H,18,22)(H,19,20). The van der Waals surface area contributed by atoms with Crippen molar-refractivity contribution in [3.05, 3.63) is 30.1 Å². The van der Waals surface area contributed by atoms with Gasteiger partial charge in [-0.15, -0.1) is 0 Å². The van der Waals surface area contributed by atoms with Crippen molar-refractivity contribution in [2.24, 2.45) is 5.92 Å². The van der Waals surface area contributed by atoms with Gasteiger partial charge in [-0.2, -0.15) is 0 Å². The van der Waals surface area contributed by atoms with Crippen molar-refractivity contribution < 1.29 is 14.3 Å². The van der Waals surface area contributed by atoms with Gasteiger partial charge in [0.2, 0.25) is 5.91 Å². The number of likely N-dealkylation sites (tertiary alicyclic amines) is 1. The molecule has 1 fully saturated rings. The predicted molar refractivity (Wildman–Crippen MR) is 89.3 cm³/mol. The number of ether oxygens (including phenoxy) is 1. The fourth-order valence-corrected chi connectivity index (χ4v) is 2.98. The maximum absolute atomic E-state index is 12.4. The molecule has 7 heteroatoms. The Morgan fingerprint density at radius 3 is 3.04 bits per heavy atom. The fraction of sp³-hybridized carbons (Fsp3) is 0.471. The smallest absolute Gasteiger partial charge is 0.409 e. The molecule has 128 valence electrons. The third-order valence-electron chi connectivity index (χ3n) is 4.19. The van der Waals surface area contributed by atoms with Gasteiger partial charge in [0.1, 0.15) is 5.82 Å². The number of amides is 2. The number of H-pyrrole nitrogens is 1. The third kappa shape index (κ3) is 3.67. The summed E-state index contributed by atoms with van der Waals surface area (Å²) in [4.78, 5) is 33.4. The van der Waals surface area contributed by atoms with Crippen LogP contribution in [0.1, 0.15) is 25.6 Å². The number of rotatable bonds is 4. The number of aromatic amines is 1. The normalized spacial score (nSPS) is 17.7. The highest BCUT2D eigenvalue weighted by Crippen LogP contribution is 2.18. The van der Waals surface area contributed by atoms with Crippen molar-refractivity contribution in [2.45, 2.75) is 26.3 Å². The molecular weight excluding hydrogens is 308 g/mol. The molecule has 2 amide bonds. The SMILES string of the molecule is CCOC(=O)N1CCCC(C(=O)NCc2nc3ccccc3[nH]2)C1. The highest BCUT2D eigenvalue weighted by Gasteiger charge is 2.29. The average Bonchev–Trinajstić information content (AvgIpc) is 3.03. The third-order valence-corrected chi connectivity index (χ3v) is 4.19. The number of carbonyl (C=O) groups is 2. The number of aromatic nitrogens is 2. The van der Waals surface area contributed by atoms with E-state index in [-0.39, 0.29) is 17.9 Å². The van der Waals surface area contributed by atoms with Crippen molar-refractivity contribution in [1.82, 2.24) is 20.2 Å². The fourth-order valence-electron chi connectivity index (χ4n) is 2.98. The van der Waals surface area contributed by atoms with Gasteiger partial charge in [0.05, 0.1) is 30.1 Å². The first-order valence-corrected chi connectivity index (χ1v) is 8.30. The molecule has 7 nitrogen and oxygen atoms in total. The van der Waals surface area contributed by atoms with E-state index in [0.29, 0.717) is 26.2 Å². The lowest BCUT2D eigenvalue weighted by molar-refractivity contribution is -0.126.